The molecule has 1 amide bonds. The molecule has 4 N–H and O–H groups in total. The van der Waals surface area contributed by atoms with Gasteiger partial charge in [0.2, 0.25) is 5.91 Å². The summed E-state index contributed by atoms with van der Waals surface area (Å²) in [6.45, 7) is 7.59. The third-order valence-electron chi connectivity index (χ3n) is 9.75. The molecule has 11 heteroatoms. The van der Waals surface area contributed by atoms with E-state index in [1.807, 2.05) is 54.6 Å². The summed E-state index contributed by atoms with van der Waals surface area (Å²) in [6, 6.07) is 23.8. The number of nitrogens with zero attached hydrogens (tertiary/aromatic N) is 1. The van der Waals surface area contributed by atoms with Gasteiger partial charge in [0.15, 0.2) is 0 Å². The van der Waals surface area contributed by atoms with Gasteiger partial charge in [0.1, 0.15) is 5.75 Å². The molecular formula is C39H39Cl2N3O6. The molecule has 0 saturated carbocycles. The minimum absolute atomic E-state index is 0.0409. The van der Waals surface area contributed by atoms with E-state index in [1.54, 1.807) is 12.1 Å². The van der Waals surface area contributed by atoms with Gasteiger partial charge in [-0.1, -0.05) is 68.2 Å². The van der Waals surface area contributed by atoms with Crippen molar-refractivity contribution in [2.75, 3.05) is 23.9 Å². The number of rotatable bonds is 9. The predicted octanol–water partition coefficient (Wildman–Crippen LogP) is 7.86. The fourth-order valence-corrected chi connectivity index (χ4v) is 7.97. The molecule has 6 rings (SSSR count). The lowest BCUT2D eigenvalue weighted by atomic mass is 9.63. The molecular weight excluding hydrogens is 677 g/mol. The van der Waals surface area contributed by atoms with Crippen molar-refractivity contribution in [2.24, 2.45) is 5.41 Å². The molecule has 1 fully saturated rings. The van der Waals surface area contributed by atoms with Gasteiger partial charge in [-0.2, -0.15) is 0 Å². The molecule has 0 aliphatic carbocycles. The molecule has 0 unspecified atom stereocenters. The monoisotopic (exact) mass is 715 g/mol. The molecule has 0 bridgehead atoms. The summed E-state index contributed by atoms with van der Waals surface area (Å²) in [7, 11) is 1.43. The number of amides is 1. The number of benzene rings is 4. The summed E-state index contributed by atoms with van der Waals surface area (Å²) < 4.78 is 5.49. The number of methoxy groups -OCH3 is 1. The van der Waals surface area contributed by atoms with Crippen molar-refractivity contribution in [3.63, 3.8) is 0 Å². The van der Waals surface area contributed by atoms with Crippen LogP contribution in [0.4, 0.5) is 11.4 Å². The SMILES string of the molecule is COc1cc(C(=O)O)ccc1NC(=O)[C@@H]1N[C@@H](CC(C)(C)C)[C@@]2(CN(Cc3ccc(C(=O)O)cc3)c3ccc(Cl)cc32)[C@H]1c1ccc(Cl)cc1. The molecule has 9 nitrogen and oxygen atoms in total. The smallest absolute Gasteiger partial charge is 0.335 e. The van der Waals surface area contributed by atoms with E-state index in [2.05, 4.69) is 36.3 Å². The fourth-order valence-electron chi connectivity index (χ4n) is 7.68. The topological polar surface area (TPSA) is 128 Å². The van der Waals surface area contributed by atoms with Crippen molar-refractivity contribution in [1.82, 2.24) is 5.32 Å². The number of ether oxygens (including phenoxy) is 1. The standard InChI is InChI=1S/C39H39Cl2N3O6/c1-38(2,3)19-32-39(21-44(30-16-14-27(41)18-28(30)39)20-22-5-7-24(8-6-22)36(46)47)33(23-9-12-26(40)13-10-23)34(43-32)35(45)42-29-15-11-25(37(48)49)17-31(29)50-4/h5-18,32-34,43H,19-21H2,1-4H3,(H,42,45)(H,46,47)(H,48,49)/t32-,33-,34+,39-/m0/s1. The lowest BCUT2D eigenvalue weighted by molar-refractivity contribution is -0.118. The lowest BCUT2D eigenvalue weighted by Gasteiger charge is -2.40. The maximum absolute atomic E-state index is 14.6. The number of fused-ring (bicyclic) bond motifs is 2. The molecule has 2 aliphatic rings. The molecule has 260 valence electrons. The third-order valence-corrected chi connectivity index (χ3v) is 10.2. The van der Waals surface area contributed by atoms with Crippen LogP contribution >= 0.6 is 23.2 Å². The Hall–Kier alpha value is -4.57. The number of halogens is 2. The summed E-state index contributed by atoms with van der Waals surface area (Å²) >= 11 is 13.2. The van der Waals surface area contributed by atoms with E-state index >= 15 is 0 Å². The fraction of sp³-hybridized carbons (Fsp3) is 0.308. The summed E-state index contributed by atoms with van der Waals surface area (Å²) in [4.78, 5) is 40.1. The normalized spacial score (nSPS) is 21.2. The highest BCUT2D eigenvalue weighted by atomic mass is 35.5. The molecule has 4 aromatic rings. The lowest BCUT2D eigenvalue weighted by Crippen LogP contribution is -2.48. The number of anilines is 2. The molecule has 1 saturated heterocycles. The van der Waals surface area contributed by atoms with E-state index in [4.69, 9.17) is 27.9 Å². The van der Waals surface area contributed by atoms with Gasteiger partial charge in [0, 0.05) is 46.2 Å². The van der Waals surface area contributed by atoms with Crippen LogP contribution in [-0.4, -0.2) is 53.8 Å². The third kappa shape index (κ3) is 6.77. The number of nitrogens with one attached hydrogen (secondary N) is 2. The van der Waals surface area contributed by atoms with E-state index in [0.717, 1.165) is 28.8 Å². The van der Waals surface area contributed by atoms with Crippen LogP contribution in [0.15, 0.2) is 84.9 Å². The Balaban J connectivity index is 1.49. The second-order valence-electron chi connectivity index (χ2n) is 14.3. The number of hydrogen-bond donors (Lipinski definition) is 4. The maximum atomic E-state index is 14.6. The molecule has 2 heterocycles. The molecule has 2 aliphatic heterocycles. The van der Waals surface area contributed by atoms with Gasteiger partial charge in [-0.15, -0.1) is 0 Å². The number of carboxylic acid groups (broad SMARTS) is 2. The quantitative estimate of drug-likeness (QED) is 0.138. The summed E-state index contributed by atoms with van der Waals surface area (Å²) in [5.41, 5.74) is 3.71. The zero-order chi connectivity index (χ0) is 36.0. The first-order valence-corrected chi connectivity index (χ1v) is 17.1. The highest BCUT2D eigenvalue weighted by Crippen LogP contribution is 2.58. The Morgan fingerprint density at radius 2 is 1.54 bits per heavy atom. The molecule has 50 heavy (non-hydrogen) atoms. The average molecular weight is 717 g/mol. The molecule has 4 aromatic carbocycles. The largest absolute Gasteiger partial charge is 0.495 e. The second kappa shape index (κ2) is 13.6. The number of carbonyl (C=O) groups is 3. The van der Waals surface area contributed by atoms with Crippen molar-refractivity contribution < 1.29 is 29.3 Å². The Bertz CT molecular complexity index is 1940. The Kier molecular flexibility index (Phi) is 9.61. The predicted molar refractivity (Wildman–Crippen MR) is 195 cm³/mol. The van der Waals surface area contributed by atoms with Crippen LogP contribution in [0, 0.1) is 5.41 Å². The van der Waals surface area contributed by atoms with Crippen molar-refractivity contribution in [1.29, 1.82) is 0 Å². The second-order valence-corrected chi connectivity index (χ2v) is 15.1. The van der Waals surface area contributed by atoms with Crippen molar-refractivity contribution in [2.45, 2.75) is 57.2 Å². The molecule has 0 aromatic heterocycles. The molecule has 0 radical (unpaired) electrons. The van der Waals surface area contributed by atoms with Crippen LogP contribution in [0.25, 0.3) is 0 Å². The summed E-state index contributed by atoms with van der Waals surface area (Å²) in [5, 5.41) is 26.9. The first-order chi connectivity index (χ1) is 23.7. The van der Waals surface area contributed by atoms with Gasteiger partial charge in [0.05, 0.1) is 30.0 Å². The maximum Gasteiger partial charge on any atom is 0.335 e. The molecule has 4 atom stereocenters. The zero-order valence-corrected chi connectivity index (χ0v) is 29.7. The van der Waals surface area contributed by atoms with Gasteiger partial charge in [0.25, 0.3) is 0 Å². The molecule has 1 spiro atoms. The Labute approximate surface area is 301 Å². The number of hydrogen-bond acceptors (Lipinski definition) is 6. The van der Waals surface area contributed by atoms with E-state index in [0.29, 0.717) is 28.8 Å². The van der Waals surface area contributed by atoms with Crippen molar-refractivity contribution in [3.05, 3.63) is 123 Å². The number of aromatic carboxylic acids is 2. The van der Waals surface area contributed by atoms with Crippen LogP contribution in [-0.2, 0) is 16.8 Å². The van der Waals surface area contributed by atoms with E-state index in [1.165, 1.54) is 25.3 Å². The van der Waals surface area contributed by atoms with E-state index in [9.17, 15) is 24.6 Å². The van der Waals surface area contributed by atoms with E-state index in [-0.39, 0.29) is 34.2 Å². The summed E-state index contributed by atoms with van der Waals surface area (Å²) in [6.07, 6.45) is 0.727. The number of carboxylic acids is 2. The minimum atomic E-state index is -1.10. The summed E-state index contributed by atoms with van der Waals surface area (Å²) in [5.74, 6) is -2.54. The van der Waals surface area contributed by atoms with Gasteiger partial charge in [-0.25, -0.2) is 9.59 Å². The first-order valence-electron chi connectivity index (χ1n) is 16.3. The van der Waals surface area contributed by atoms with Gasteiger partial charge < -0.3 is 30.5 Å². The first kappa shape index (κ1) is 35.3. The van der Waals surface area contributed by atoms with Gasteiger partial charge >= 0.3 is 11.9 Å². The number of carbonyl (C=O) groups excluding carboxylic acids is 1. The minimum Gasteiger partial charge on any atom is -0.495 e. The van der Waals surface area contributed by atoms with Crippen LogP contribution in [0.3, 0.4) is 0 Å². The van der Waals surface area contributed by atoms with E-state index < -0.39 is 29.3 Å². The van der Waals surface area contributed by atoms with Crippen molar-refractivity contribution >= 4 is 52.4 Å². The Morgan fingerprint density at radius 1 is 0.900 bits per heavy atom. The van der Waals surface area contributed by atoms with Gasteiger partial charge in [-0.3, -0.25) is 4.79 Å². The van der Waals surface area contributed by atoms with Crippen LogP contribution in [0.5, 0.6) is 5.75 Å². The highest BCUT2D eigenvalue weighted by molar-refractivity contribution is 6.31. The zero-order valence-electron chi connectivity index (χ0n) is 28.2. The van der Waals surface area contributed by atoms with Crippen molar-refractivity contribution in [3.8, 4) is 5.75 Å². The highest BCUT2D eigenvalue weighted by Gasteiger charge is 2.62. The average Bonchev–Trinajstić information content (AvgIpc) is 3.54. The van der Waals surface area contributed by atoms with Crippen LogP contribution in [0.2, 0.25) is 10.0 Å². The Morgan fingerprint density at radius 3 is 2.16 bits per heavy atom. The van der Waals surface area contributed by atoms with Crippen LogP contribution in [0.1, 0.15) is 70.5 Å². The van der Waals surface area contributed by atoms with Crippen LogP contribution < -0.4 is 20.3 Å². The van der Waals surface area contributed by atoms with Gasteiger partial charge in [-0.05, 0) is 89.2 Å².